The summed E-state index contributed by atoms with van der Waals surface area (Å²) in [7, 11) is 0. The fourth-order valence-corrected chi connectivity index (χ4v) is 1.68. The largest absolute Gasteiger partial charge is 0.349 e. The molecule has 18 heavy (non-hydrogen) atoms. The first-order valence-corrected chi connectivity index (χ1v) is 6.04. The Morgan fingerprint density at radius 1 is 1.44 bits per heavy atom. The van der Waals surface area contributed by atoms with E-state index in [0.29, 0.717) is 12.1 Å². The third-order valence-corrected chi connectivity index (χ3v) is 2.85. The molecule has 5 heteroatoms. The van der Waals surface area contributed by atoms with Crippen LogP contribution in [0, 0.1) is 5.41 Å². The van der Waals surface area contributed by atoms with E-state index < -0.39 is 0 Å². The molecule has 0 saturated carbocycles. The second-order valence-corrected chi connectivity index (χ2v) is 5.41. The molecule has 1 amide bonds. The average Bonchev–Trinajstić information content (AvgIpc) is 2.28. The highest BCUT2D eigenvalue weighted by atomic mass is 16.2. The number of nitrogens with one attached hydrogen (secondary N) is 2. The zero-order valence-electron chi connectivity index (χ0n) is 11.1. The van der Waals surface area contributed by atoms with Gasteiger partial charge in [0.15, 0.2) is 0 Å². The Bertz CT molecular complexity index is 440. The van der Waals surface area contributed by atoms with E-state index in [4.69, 9.17) is 5.73 Å². The average molecular weight is 251 g/mol. The Hall–Kier alpha value is -1.62. The number of aromatic nitrogens is 1. The van der Waals surface area contributed by atoms with E-state index in [1.165, 1.54) is 18.3 Å². The lowest BCUT2D eigenvalue weighted by molar-refractivity contribution is 0.0898. The maximum absolute atomic E-state index is 12.0. The van der Waals surface area contributed by atoms with Gasteiger partial charge in [0.25, 0.3) is 5.91 Å². The van der Waals surface area contributed by atoms with Crippen LogP contribution in [0.2, 0.25) is 0 Å². The maximum atomic E-state index is 12.0. The van der Waals surface area contributed by atoms with Crippen molar-refractivity contribution in [2.45, 2.75) is 33.2 Å². The lowest BCUT2D eigenvalue weighted by atomic mass is 9.84. The number of rotatable bonds is 4. The summed E-state index contributed by atoms with van der Waals surface area (Å²) in [4.78, 5) is 25.4. The van der Waals surface area contributed by atoms with Gasteiger partial charge < -0.3 is 16.0 Å². The highest BCUT2D eigenvalue weighted by molar-refractivity contribution is 5.94. The molecule has 0 aromatic carbocycles. The van der Waals surface area contributed by atoms with Crippen LogP contribution in [0.1, 0.15) is 37.6 Å². The number of hydrogen-bond acceptors (Lipinski definition) is 3. The molecule has 0 saturated heterocycles. The molecule has 100 valence electrons. The summed E-state index contributed by atoms with van der Waals surface area (Å²) in [5, 5.41) is 2.95. The van der Waals surface area contributed by atoms with Crippen LogP contribution in [0.15, 0.2) is 23.1 Å². The Kier molecular flexibility index (Phi) is 4.67. The number of aromatic amines is 1. The van der Waals surface area contributed by atoms with E-state index in [2.05, 4.69) is 31.1 Å². The van der Waals surface area contributed by atoms with Crippen molar-refractivity contribution in [3.8, 4) is 0 Å². The number of pyridine rings is 1. The van der Waals surface area contributed by atoms with Crippen LogP contribution in [-0.2, 0) is 0 Å². The standard InChI is InChI=1S/C13H21N3O2/c1-13(2,3)10(6-7-14)16-12(18)9-4-5-11(17)15-8-9/h4-5,8,10H,6-7,14H2,1-3H3,(H,15,17)(H,16,18). The lowest BCUT2D eigenvalue weighted by Gasteiger charge is -2.31. The smallest absolute Gasteiger partial charge is 0.252 e. The maximum Gasteiger partial charge on any atom is 0.252 e. The first-order chi connectivity index (χ1) is 8.34. The predicted molar refractivity (Wildman–Crippen MR) is 71.4 cm³/mol. The van der Waals surface area contributed by atoms with Gasteiger partial charge >= 0.3 is 0 Å². The van der Waals surface area contributed by atoms with Gasteiger partial charge in [0, 0.05) is 18.3 Å². The first-order valence-electron chi connectivity index (χ1n) is 6.04. The molecule has 5 nitrogen and oxygen atoms in total. The van der Waals surface area contributed by atoms with Crippen molar-refractivity contribution in [2.75, 3.05) is 6.54 Å². The van der Waals surface area contributed by atoms with Crippen LogP contribution in [0.4, 0.5) is 0 Å². The molecular weight excluding hydrogens is 230 g/mol. The van der Waals surface area contributed by atoms with Crippen LogP contribution in [0.3, 0.4) is 0 Å². The van der Waals surface area contributed by atoms with Crippen molar-refractivity contribution in [2.24, 2.45) is 11.1 Å². The van der Waals surface area contributed by atoms with Crippen LogP contribution in [0.25, 0.3) is 0 Å². The molecule has 1 atom stereocenters. The summed E-state index contributed by atoms with van der Waals surface area (Å²) in [5.74, 6) is -0.195. The van der Waals surface area contributed by atoms with Gasteiger partial charge in [-0.05, 0) is 24.4 Å². The monoisotopic (exact) mass is 251 g/mol. The fourth-order valence-electron chi connectivity index (χ4n) is 1.68. The number of carbonyl (C=O) groups excluding carboxylic acids is 1. The molecule has 1 aromatic heterocycles. The Morgan fingerprint density at radius 3 is 2.56 bits per heavy atom. The van der Waals surface area contributed by atoms with Crippen molar-refractivity contribution in [3.63, 3.8) is 0 Å². The number of amides is 1. The van der Waals surface area contributed by atoms with E-state index in [1.807, 2.05) is 0 Å². The van der Waals surface area contributed by atoms with Crippen LogP contribution in [-0.4, -0.2) is 23.5 Å². The zero-order chi connectivity index (χ0) is 13.8. The van der Waals surface area contributed by atoms with Crippen molar-refractivity contribution >= 4 is 5.91 Å². The van der Waals surface area contributed by atoms with Gasteiger partial charge in [-0.1, -0.05) is 20.8 Å². The number of hydrogen-bond donors (Lipinski definition) is 3. The molecule has 0 radical (unpaired) electrons. The Morgan fingerprint density at radius 2 is 2.11 bits per heavy atom. The quantitative estimate of drug-likeness (QED) is 0.742. The minimum absolute atomic E-state index is 0.00179. The minimum atomic E-state index is -0.221. The van der Waals surface area contributed by atoms with E-state index in [1.54, 1.807) is 0 Å². The molecule has 0 aliphatic heterocycles. The summed E-state index contributed by atoms with van der Waals surface area (Å²) in [5.41, 5.74) is 5.73. The van der Waals surface area contributed by atoms with Gasteiger partial charge in [-0.15, -0.1) is 0 Å². The highest BCUT2D eigenvalue weighted by Crippen LogP contribution is 2.21. The van der Waals surface area contributed by atoms with E-state index >= 15 is 0 Å². The van der Waals surface area contributed by atoms with Crippen molar-refractivity contribution in [3.05, 3.63) is 34.2 Å². The molecule has 1 rings (SSSR count). The molecule has 0 aliphatic carbocycles. The van der Waals surface area contributed by atoms with Crippen LogP contribution < -0.4 is 16.6 Å². The van der Waals surface area contributed by atoms with Gasteiger partial charge in [-0.25, -0.2) is 0 Å². The number of carbonyl (C=O) groups is 1. The molecule has 1 heterocycles. The van der Waals surface area contributed by atoms with Gasteiger partial charge in [0.05, 0.1) is 5.56 Å². The van der Waals surface area contributed by atoms with Crippen molar-refractivity contribution < 1.29 is 4.79 Å². The molecule has 0 aliphatic rings. The number of H-pyrrole nitrogens is 1. The second-order valence-electron chi connectivity index (χ2n) is 5.41. The molecule has 0 bridgehead atoms. The van der Waals surface area contributed by atoms with Gasteiger partial charge in [-0.2, -0.15) is 0 Å². The van der Waals surface area contributed by atoms with Crippen molar-refractivity contribution in [1.29, 1.82) is 0 Å². The summed E-state index contributed by atoms with van der Waals surface area (Å²) in [6, 6.07) is 2.85. The first kappa shape index (κ1) is 14.4. The highest BCUT2D eigenvalue weighted by Gasteiger charge is 2.25. The third-order valence-electron chi connectivity index (χ3n) is 2.85. The molecule has 4 N–H and O–H groups in total. The third kappa shape index (κ3) is 4.00. The SMILES string of the molecule is CC(C)(C)C(CCN)NC(=O)c1ccc(=O)[nH]c1. The normalized spacial score (nSPS) is 13.1. The summed E-state index contributed by atoms with van der Waals surface area (Å²) >= 11 is 0. The molecule has 1 aromatic rings. The zero-order valence-corrected chi connectivity index (χ0v) is 11.1. The van der Waals surface area contributed by atoms with E-state index in [-0.39, 0.29) is 22.9 Å². The Labute approximate surface area is 107 Å². The lowest BCUT2D eigenvalue weighted by Crippen LogP contribution is -2.45. The van der Waals surface area contributed by atoms with Crippen LogP contribution >= 0.6 is 0 Å². The Balaban J connectivity index is 2.78. The van der Waals surface area contributed by atoms with Crippen molar-refractivity contribution in [1.82, 2.24) is 10.3 Å². The molecule has 0 fully saturated rings. The summed E-state index contributed by atoms with van der Waals surface area (Å²) in [6.45, 7) is 6.69. The summed E-state index contributed by atoms with van der Waals surface area (Å²) < 4.78 is 0. The molecule has 1 unspecified atom stereocenters. The van der Waals surface area contributed by atoms with E-state index in [0.717, 1.165) is 6.42 Å². The summed E-state index contributed by atoms with van der Waals surface area (Å²) in [6.07, 6.45) is 2.14. The predicted octanol–water partition coefficient (Wildman–Crippen LogP) is 0.868. The minimum Gasteiger partial charge on any atom is -0.349 e. The van der Waals surface area contributed by atoms with Gasteiger partial charge in [0.2, 0.25) is 5.56 Å². The fraction of sp³-hybridized carbons (Fsp3) is 0.538. The molecular formula is C13H21N3O2. The topological polar surface area (TPSA) is 88.0 Å². The van der Waals surface area contributed by atoms with E-state index in [9.17, 15) is 9.59 Å². The van der Waals surface area contributed by atoms with Gasteiger partial charge in [0.1, 0.15) is 0 Å². The van der Waals surface area contributed by atoms with Crippen LogP contribution in [0.5, 0.6) is 0 Å². The molecule has 0 spiro atoms. The number of nitrogens with two attached hydrogens (primary N) is 1. The van der Waals surface area contributed by atoms with Gasteiger partial charge in [-0.3, -0.25) is 9.59 Å². The second kappa shape index (κ2) is 5.82.